The molecule has 2 heterocycles. The van der Waals surface area contributed by atoms with E-state index in [0.29, 0.717) is 40.5 Å². The summed E-state index contributed by atoms with van der Waals surface area (Å²) in [6.45, 7) is 0.659. The molecular formula is C24H22ClN5O3. The van der Waals surface area contributed by atoms with Gasteiger partial charge in [0.15, 0.2) is 5.82 Å². The van der Waals surface area contributed by atoms with Crippen molar-refractivity contribution in [3.63, 3.8) is 0 Å². The fourth-order valence-electron chi connectivity index (χ4n) is 3.75. The van der Waals surface area contributed by atoms with Crippen LogP contribution in [0.2, 0.25) is 5.02 Å². The van der Waals surface area contributed by atoms with Crippen LogP contribution < -0.4 is 15.6 Å². The molecule has 0 spiro atoms. The molecule has 0 bridgehead atoms. The molecule has 8 nitrogen and oxygen atoms in total. The van der Waals surface area contributed by atoms with E-state index < -0.39 is 0 Å². The van der Waals surface area contributed by atoms with E-state index in [1.807, 2.05) is 30.3 Å². The van der Waals surface area contributed by atoms with E-state index in [-0.39, 0.29) is 23.6 Å². The summed E-state index contributed by atoms with van der Waals surface area (Å²) in [5.41, 5.74) is 1.26. The average molecular weight is 464 g/mol. The Bertz CT molecular complexity index is 1360. The lowest BCUT2D eigenvalue weighted by molar-refractivity contribution is 0.0934. The Hall–Kier alpha value is -3.65. The molecule has 9 heteroatoms. The third kappa shape index (κ3) is 4.47. The van der Waals surface area contributed by atoms with Gasteiger partial charge in [-0.3, -0.25) is 9.59 Å². The summed E-state index contributed by atoms with van der Waals surface area (Å²) >= 11 is 6.31. The Labute approximate surface area is 194 Å². The predicted octanol–water partition coefficient (Wildman–Crippen LogP) is 3.85. The molecule has 2 aromatic carbocycles. The number of carbonyl (C=O) groups is 1. The molecule has 0 saturated heterocycles. The summed E-state index contributed by atoms with van der Waals surface area (Å²) in [5, 5.41) is 7.55. The van der Waals surface area contributed by atoms with E-state index >= 15 is 0 Å². The third-order valence-corrected chi connectivity index (χ3v) is 6.09. The predicted molar refractivity (Wildman–Crippen MR) is 125 cm³/mol. The van der Waals surface area contributed by atoms with Crippen LogP contribution in [0.5, 0.6) is 5.75 Å². The molecule has 0 radical (unpaired) electrons. The van der Waals surface area contributed by atoms with Crippen LogP contribution in [0.1, 0.15) is 35.3 Å². The topological polar surface area (TPSA) is 101 Å². The van der Waals surface area contributed by atoms with Crippen molar-refractivity contribution >= 4 is 23.3 Å². The van der Waals surface area contributed by atoms with Crippen LogP contribution in [-0.4, -0.2) is 32.0 Å². The number of nitrogens with zero attached hydrogens (tertiary/aromatic N) is 3. The minimum Gasteiger partial charge on any atom is -0.486 e. The fourth-order valence-corrected chi connectivity index (χ4v) is 4.00. The number of hydrogen-bond donors (Lipinski definition) is 2. The number of aromatic nitrogens is 4. The average Bonchev–Trinajstić information content (AvgIpc) is 3.22. The number of H-pyrrole nitrogens is 1. The van der Waals surface area contributed by atoms with Gasteiger partial charge in [-0.25, -0.2) is 0 Å². The number of hydrogen-bond acceptors (Lipinski definition) is 5. The van der Waals surface area contributed by atoms with Gasteiger partial charge in [0.25, 0.3) is 11.5 Å². The lowest BCUT2D eigenvalue weighted by atomic mass is 9.85. The summed E-state index contributed by atoms with van der Waals surface area (Å²) in [6, 6.07) is 15.9. The van der Waals surface area contributed by atoms with Gasteiger partial charge in [-0.2, -0.15) is 9.50 Å². The molecule has 0 aliphatic heterocycles. The number of halogens is 1. The highest BCUT2D eigenvalue weighted by molar-refractivity contribution is 6.34. The molecule has 1 aliphatic carbocycles. The van der Waals surface area contributed by atoms with E-state index in [1.165, 1.54) is 17.0 Å². The first-order valence-corrected chi connectivity index (χ1v) is 11.2. The Morgan fingerprint density at radius 2 is 2.00 bits per heavy atom. The van der Waals surface area contributed by atoms with Crippen LogP contribution in [0.25, 0.3) is 17.2 Å². The SMILES string of the molecule is O=C(NCC1CCC1)c1c(Cl)cccc1OCc1cc(=O)n2nc(-c3ccccc3)nc2[nH]1. The highest BCUT2D eigenvalue weighted by Gasteiger charge is 2.21. The molecule has 1 fully saturated rings. The van der Waals surface area contributed by atoms with Gasteiger partial charge >= 0.3 is 0 Å². The van der Waals surface area contributed by atoms with Crippen molar-refractivity contribution in [3.8, 4) is 17.1 Å². The van der Waals surface area contributed by atoms with Crippen LogP contribution in [0, 0.1) is 5.92 Å². The summed E-state index contributed by atoms with van der Waals surface area (Å²) in [5.74, 6) is 1.37. The Kier molecular flexibility index (Phi) is 5.83. The zero-order chi connectivity index (χ0) is 22.8. The zero-order valence-corrected chi connectivity index (χ0v) is 18.5. The standard InChI is InChI=1S/C24H22ClN5O3/c25-18-10-5-11-19(21(18)23(32)26-13-15-6-4-7-15)33-14-17-12-20(31)30-24(27-17)28-22(29-30)16-8-2-1-3-9-16/h1-3,5,8-12,15H,4,6-7,13-14H2,(H,26,32)(H,27,28,29). The minimum atomic E-state index is -0.332. The Morgan fingerprint density at radius 3 is 2.76 bits per heavy atom. The van der Waals surface area contributed by atoms with Crippen molar-refractivity contribution in [1.82, 2.24) is 24.9 Å². The summed E-state index contributed by atoms with van der Waals surface area (Å²) < 4.78 is 7.11. The van der Waals surface area contributed by atoms with Gasteiger partial charge < -0.3 is 15.0 Å². The first-order chi connectivity index (χ1) is 16.1. The molecule has 168 valence electrons. The van der Waals surface area contributed by atoms with Gasteiger partial charge in [-0.15, -0.1) is 5.10 Å². The smallest absolute Gasteiger partial charge is 0.276 e. The number of benzene rings is 2. The van der Waals surface area contributed by atoms with Crippen LogP contribution in [0.15, 0.2) is 59.4 Å². The molecule has 0 atom stereocenters. The monoisotopic (exact) mass is 463 g/mol. The molecule has 0 unspecified atom stereocenters. The van der Waals surface area contributed by atoms with Gasteiger partial charge in [0, 0.05) is 18.2 Å². The van der Waals surface area contributed by atoms with E-state index in [0.717, 1.165) is 18.4 Å². The number of amides is 1. The molecule has 1 aliphatic rings. The molecule has 5 rings (SSSR count). The van der Waals surface area contributed by atoms with E-state index in [9.17, 15) is 9.59 Å². The molecule has 33 heavy (non-hydrogen) atoms. The highest BCUT2D eigenvalue weighted by Crippen LogP contribution is 2.28. The fraction of sp³-hybridized carbons (Fsp3) is 0.250. The molecule has 4 aromatic rings. The quantitative estimate of drug-likeness (QED) is 0.433. The molecule has 1 saturated carbocycles. The van der Waals surface area contributed by atoms with Crippen LogP contribution >= 0.6 is 11.6 Å². The number of ether oxygens (including phenoxy) is 1. The minimum absolute atomic E-state index is 0.0303. The second kappa shape index (κ2) is 9.07. The number of aromatic amines is 1. The zero-order valence-electron chi connectivity index (χ0n) is 17.8. The van der Waals surface area contributed by atoms with Gasteiger partial charge in [0.1, 0.15) is 12.4 Å². The van der Waals surface area contributed by atoms with Crippen molar-refractivity contribution in [2.75, 3.05) is 6.54 Å². The molecule has 2 aromatic heterocycles. The largest absolute Gasteiger partial charge is 0.486 e. The van der Waals surface area contributed by atoms with Crippen molar-refractivity contribution in [3.05, 3.63) is 81.2 Å². The second-order valence-corrected chi connectivity index (χ2v) is 8.49. The maximum absolute atomic E-state index is 12.8. The molecular weight excluding hydrogens is 442 g/mol. The lowest BCUT2D eigenvalue weighted by Gasteiger charge is -2.25. The summed E-state index contributed by atoms with van der Waals surface area (Å²) in [6.07, 6.45) is 3.48. The highest BCUT2D eigenvalue weighted by atomic mass is 35.5. The van der Waals surface area contributed by atoms with E-state index in [2.05, 4.69) is 20.4 Å². The van der Waals surface area contributed by atoms with Gasteiger partial charge in [0.05, 0.1) is 16.3 Å². The number of rotatable bonds is 7. The maximum Gasteiger partial charge on any atom is 0.276 e. The van der Waals surface area contributed by atoms with Gasteiger partial charge in [-0.05, 0) is 30.9 Å². The first-order valence-electron chi connectivity index (χ1n) is 10.8. The van der Waals surface area contributed by atoms with E-state index in [1.54, 1.807) is 18.2 Å². The van der Waals surface area contributed by atoms with Crippen LogP contribution in [0.4, 0.5) is 0 Å². The summed E-state index contributed by atoms with van der Waals surface area (Å²) in [7, 11) is 0. The number of fused-ring (bicyclic) bond motifs is 1. The Morgan fingerprint density at radius 1 is 1.18 bits per heavy atom. The Balaban J connectivity index is 1.36. The lowest BCUT2D eigenvalue weighted by Crippen LogP contribution is -2.32. The van der Waals surface area contributed by atoms with Gasteiger partial charge in [-0.1, -0.05) is 54.4 Å². The molecule has 1 amide bonds. The normalized spacial score (nSPS) is 13.6. The first kappa shape index (κ1) is 21.2. The van der Waals surface area contributed by atoms with Crippen molar-refractivity contribution in [2.45, 2.75) is 25.9 Å². The van der Waals surface area contributed by atoms with Crippen molar-refractivity contribution < 1.29 is 9.53 Å². The third-order valence-electron chi connectivity index (χ3n) is 5.78. The molecule has 2 N–H and O–H groups in total. The van der Waals surface area contributed by atoms with Crippen LogP contribution in [-0.2, 0) is 6.61 Å². The second-order valence-electron chi connectivity index (χ2n) is 8.08. The number of carbonyl (C=O) groups excluding carboxylic acids is 1. The van der Waals surface area contributed by atoms with Crippen molar-refractivity contribution in [2.24, 2.45) is 5.92 Å². The van der Waals surface area contributed by atoms with Gasteiger partial charge in [0.2, 0.25) is 5.78 Å². The maximum atomic E-state index is 12.8. The summed E-state index contributed by atoms with van der Waals surface area (Å²) in [4.78, 5) is 32.8. The van der Waals surface area contributed by atoms with Crippen molar-refractivity contribution in [1.29, 1.82) is 0 Å². The van der Waals surface area contributed by atoms with Crippen LogP contribution in [0.3, 0.4) is 0 Å². The number of nitrogens with one attached hydrogen (secondary N) is 2. The van der Waals surface area contributed by atoms with E-state index in [4.69, 9.17) is 16.3 Å².